The Labute approximate surface area is 133 Å². The van der Waals surface area contributed by atoms with Crippen molar-refractivity contribution in [3.05, 3.63) is 54.0 Å². The summed E-state index contributed by atoms with van der Waals surface area (Å²) >= 11 is 0. The SMILES string of the molecule is Cc1[nH]c2ccc(F)cc2c1CC(=O)NCCCn1ccnc1. The van der Waals surface area contributed by atoms with Gasteiger partial charge in [-0.15, -0.1) is 0 Å². The Morgan fingerprint density at radius 1 is 1.43 bits per heavy atom. The summed E-state index contributed by atoms with van der Waals surface area (Å²) in [4.78, 5) is 19.3. The Hall–Kier alpha value is -2.63. The topological polar surface area (TPSA) is 62.7 Å². The molecule has 120 valence electrons. The van der Waals surface area contributed by atoms with Crippen molar-refractivity contribution in [2.75, 3.05) is 6.54 Å². The predicted molar refractivity (Wildman–Crippen MR) is 86.6 cm³/mol. The summed E-state index contributed by atoms with van der Waals surface area (Å²) < 4.78 is 15.4. The molecule has 0 spiro atoms. The minimum absolute atomic E-state index is 0.0520. The number of carbonyl (C=O) groups is 1. The molecule has 1 aromatic carbocycles. The number of carbonyl (C=O) groups excluding carboxylic acids is 1. The fraction of sp³-hybridized carbons (Fsp3) is 0.294. The summed E-state index contributed by atoms with van der Waals surface area (Å²) in [6.07, 6.45) is 6.47. The third-order valence-corrected chi connectivity index (χ3v) is 3.89. The third kappa shape index (κ3) is 3.59. The molecule has 2 aromatic heterocycles. The normalized spacial score (nSPS) is 11.0. The molecule has 0 aliphatic heterocycles. The summed E-state index contributed by atoms with van der Waals surface area (Å²) in [6.45, 7) is 3.32. The molecule has 0 fully saturated rings. The smallest absolute Gasteiger partial charge is 0.224 e. The third-order valence-electron chi connectivity index (χ3n) is 3.89. The molecule has 2 N–H and O–H groups in total. The van der Waals surface area contributed by atoms with Gasteiger partial charge >= 0.3 is 0 Å². The number of fused-ring (bicyclic) bond motifs is 1. The van der Waals surface area contributed by atoms with Crippen molar-refractivity contribution >= 4 is 16.8 Å². The highest BCUT2D eigenvalue weighted by Gasteiger charge is 2.12. The molecule has 0 aliphatic rings. The summed E-state index contributed by atoms with van der Waals surface area (Å²) in [6, 6.07) is 4.59. The molecule has 23 heavy (non-hydrogen) atoms. The molecule has 3 aromatic rings. The second-order valence-electron chi connectivity index (χ2n) is 5.60. The zero-order valence-electron chi connectivity index (χ0n) is 13.0. The minimum atomic E-state index is -0.293. The van der Waals surface area contributed by atoms with Crippen molar-refractivity contribution in [2.24, 2.45) is 0 Å². The van der Waals surface area contributed by atoms with E-state index in [-0.39, 0.29) is 18.1 Å². The van der Waals surface area contributed by atoms with Gasteiger partial charge in [0, 0.05) is 42.1 Å². The van der Waals surface area contributed by atoms with Crippen molar-refractivity contribution in [2.45, 2.75) is 26.3 Å². The van der Waals surface area contributed by atoms with Crippen LogP contribution in [-0.2, 0) is 17.8 Å². The Morgan fingerprint density at radius 2 is 2.30 bits per heavy atom. The number of rotatable bonds is 6. The van der Waals surface area contributed by atoms with Crippen LogP contribution in [-0.4, -0.2) is 27.0 Å². The van der Waals surface area contributed by atoms with Crippen LogP contribution in [0.1, 0.15) is 17.7 Å². The maximum Gasteiger partial charge on any atom is 0.224 e. The Kier molecular flexibility index (Phi) is 4.41. The molecule has 0 saturated heterocycles. The van der Waals surface area contributed by atoms with Crippen LogP contribution in [0.2, 0.25) is 0 Å². The molecular formula is C17H19FN4O. The van der Waals surface area contributed by atoms with Gasteiger partial charge in [-0.3, -0.25) is 4.79 Å². The van der Waals surface area contributed by atoms with Crippen LogP contribution >= 0.6 is 0 Å². The molecule has 3 rings (SSSR count). The monoisotopic (exact) mass is 314 g/mol. The van der Waals surface area contributed by atoms with Crippen molar-refractivity contribution in [1.29, 1.82) is 0 Å². The van der Waals surface area contributed by atoms with E-state index in [2.05, 4.69) is 15.3 Å². The van der Waals surface area contributed by atoms with Crippen molar-refractivity contribution in [3.8, 4) is 0 Å². The van der Waals surface area contributed by atoms with Crippen LogP contribution in [0.15, 0.2) is 36.9 Å². The van der Waals surface area contributed by atoms with Gasteiger partial charge in [-0.2, -0.15) is 0 Å². The van der Waals surface area contributed by atoms with Gasteiger partial charge in [0.25, 0.3) is 0 Å². The van der Waals surface area contributed by atoms with Gasteiger partial charge in [-0.1, -0.05) is 0 Å². The first-order valence-electron chi connectivity index (χ1n) is 7.62. The Morgan fingerprint density at radius 3 is 3.09 bits per heavy atom. The fourth-order valence-corrected chi connectivity index (χ4v) is 2.71. The molecule has 0 bridgehead atoms. The van der Waals surface area contributed by atoms with E-state index in [0.29, 0.717) is 6.54 Å². The first-order chi connectivity index (χ1) is 11.1. The van der Waals surface area contributed by atoms with Crippen LogP contribution in [0.5, 0.6) is 0 Å². The zero-order chi connectivity index (χ0) is 16.2. The number of aryl methyl sites for hydroxylation is 2. The van der Waals surface area contributed by atoms with Crippen LogP contribution in [0.3, 0.4) is 0 Å². The molecule has 0 atom stereocenters. The van der Waals surface area contributed by atoms with E-state index >= 15 is 0 Å². The number of nitrogens with one attached hydrogen (secondary N) is 2. The summed E-state index contributed by atoms with van der Waals surface area (Å²) in [7, 11) is 0. The Bertz CT molecular complexity index is 807. The average Bonchev–Trinajstić information content (AvgIpc) is 3.13. The molecule has 1 amide bonds. The van der Waals surface area contributed by atoms with Crippen molar-refractivity contribution in [3.63, 3.8) is 0 Å². The van der Waals surface area contributed by atoms with Crippen LogP contribution < -0.4 is 5.32 Å². The highest BCUT2D eigenvalue weighted by atomic mass is 19.1. The molecular weight excluding hydrogens is 295 g/mol. The lowest BCUT2D eigenvalue weighted by Gasteiger charge is -2.06. The molecule has 0 radical (unpaired) electrons. The molecule has 2 heterocycles. The molecule has 0 unspecified atom stereocenters. The lowest BCUT2D eigenvalue weighted by Crippen LogP contribution is -2.26. The maximum atomic E-state index is 13.4. The number of aromatic nitrogens is 3. The number of amides is 1. The van der Waals surface area contributed by atoms with Gasteiger partial charge in [0.2, 0.25) is 5.91 Å². The highest BCUT2D eigenvalue weighted by molar-refractivity contribution is 5.90. The first-order valence-corrected chi connectivity index (χ1v) is 7.62. The van der Waals surface area contributed by atoms with Gasteiger partial charge < -0.3 is 14.9 Å². The summed E-state index contributed by atoms with van der Waals surface area (Å²) in [5, 5.41) is 3.68. The quantitative estimate of drug-likeness (QED) is 0.687. The number of halogens is 1. The first kappa shape index (κ1) is 15.3. The average molecular weight is 314 g/mol. The number of hydrogen-bond donors (Lipinski definition) is 2. The minimum Gasteiger partial charge on any atom is -0.358 e. The largest absolute Gasteiger partial charge is 0.358 e. The second kappa shape index (κ2) is 6.64. The molecule has 0 aliphatic carbocycles. The van der Waals surface area contributed by atoms with E-state index in [1.54, 1.807) is 18.6 Å². The van der Waals surface area contributed by atoms with Crippen molar-refractivity contribution in [1.82, 2.24) is 19.9 Å². The number of hydrogen-bond acceptors (Lipinski definition) is 2. The number of H-pyrrole nitrogens is 1. The molecule has 5 nitrogen and oxygen atoms in total. The van der Waals surface area contributed by atoms with E-state index in [1.165, 1.54) is 12.1 Å². The Balaban J connectivity index is 1.57. The molecule has 6 heteroatoms. The summed E-state index contributed by atoms with van der Waals surface area (Å²) in [5.74, 6) is -0.345. The van der Waals surface area contributed by atoms with Gasteiger partial charge in [-0.25, -0.2) is 9.37 Å². The van der Waals surface area contributed by atoms with Gasteiger partial charge in [0.05, 0.1) is 12.7 Å². The van der Waals surface area contributed by atoms with Gasteiger partial charge in [0.15, 0.2) is 0 Å². The zero-order valence-corrected chi connectivity index (χ0v) is 13.0. The number of benzene rings is 1. The van der Waals surface area contributed by atoms with E-state index in [9.17, 15) is 9.18 Å². The maximum absolute atomic E-state index is 13.4. The van der Waals surface area contributed by atoms with Crippen molar-refractivity contribution < 1.29 is 9.18 Å². The van der Waals surface area contributed by atoms with E-state index in [0.717, 1.165) is 35.1 Å². The predicted octanol–water partition coefficient (Wildman–Crippen LogP) is 2.56. The summed E-state index contributed by atoms with van der Waals surface area (Å²) in [5.41, 5.74) is 2.61. The lowest BCUT2D eigenvalue weighted by atomic mass is 10.1. The number of imidazole rings is 1. The second-order valence-corrected chi connectivity index (χ2v) is 5.60. The van der Waals surface area contributed by atoms with Crippen LogP contribution in [0, 0.1) is 12.7 Å². The highest BCUT2D eigenvalue weighted by Crippen LogP contribution is 2.23. The van der Waals surface area contributed by atoms with Gasteiger partial charge in [0.1, 0.15) is 5.82 Å². The van der Waals surface area contributed by atoms with E-state index in [4.69, 9.17) is 0 Å². The van der Waals surface area contributed by atoms with E-state index < -0.39 is 0 Å². The van der Waals surface area contributed by atoms with Gasteiger partial charge in [-0.05, 0) is 37.1 Å². The number of aromatic amines is 1. The van der Waals surface area contributed by atoms with Crippen LogP contribution in [0.4, 0.5) is 4.39 Å². The molecule has 0 saturated carbocycles. The van der Waals surface area contributed by atoms with Crippen LogP contribution in [0.25, 0.3) is 10.9 Å². The lowest BCUT2D eigenvalue weighted by molar-refractivity contribution is -0.120. The number of nitrogens with zero attached hydrogens (tertiary/aromatic N) is 2. The fourth-order valence-electron chi connectivity index (χ4n) is 2.71. The standard InChI is InChI=1S/C17H19FN4O/c1-12-14(15-9-13(18)3-4-16(15)21-12)10-17(23)20-5-2-7-22-8-6-19-11-22/h3-4,6,8-9,11,21H,2,5,7,10H2,1H3,(H,20,23). The van der Waals surface area contributed by atoms with E-state index in [1.807, 2.05) is 17.7 Å².